The van der Waals surface area contributed by atoms with Gasteiger partial charge in [-0.15, -0.1) is 21.5 Å². The largest absolute Gasteiger partial charge is 0.233 e. The van der Waals surface area contributed by atoms with Crippen molar-refractivity contribution in [3.05, 3.63) is 84.1 Å². The molecule has 31 heavy (non-hydrogen) atoms. The minimum absolute atomic E-state index is 0.771. The number of hydrogen-bond donors (Lipinski definition) is 0. The fraction of sp³-hybridized carbons (Fsp3) is 0.0769. The van der Waals surface area contributed by atoms with Crippen LogP contribution in [0.25, 0.3) is 53.9 Å². The van der Waals surface area contributed by atoms with Crippen LogP contribution < -0.4 is 0 Å². The van der Waals surface area contributed by atoms with Crippen LogP contribution in [0.3, 0.4) is 0 Å². The van der Waals surface area contributed by atoms with Gasteiger partial charge >= 0.3 is 0 Å². The number of pyridine rings is 2. The predicted molar refractivity (Wildman–Crippen MR) is 128 cm³/mol. The first-order valence-electron chi connectivity index (χ1n) is 10.2. The van der Waals surface area contributed by atoms with Crippen molar-refractivity contribution in [2.45, 2.75) is 13.8 Å². The van der Waals surface area contributed by atoms with E-state index in [2.05, 4.69) is 65.7 Å². The van der Waals surface area contributed by atoms with Gasteiger partial charge in [-0.05, 0) is 37.1 Å². The molecule has 6 rings (SSSR count). The first kappa shape index (κ1) is 18.1. The topological polar surface area (TPSA) is 51.6 Å². The molecule has 0 unspecified atom stereocenters. The highest BCUT2D eigenvalue weighted by Crippen LogP contribution is 2.42. The number of thiophene rings is 1. The number of nitrogens with zero attached hydrogens (tertiary/aromatic N) is 4. The average Bonchev–Trinajstić information content (AvgIpc) is 3.16. The zero-order valence-electron chi connectivity index (χ0n) is 17.1. The predicted octanol–water partition coefficient (Wildman–Crippen LogP) is 6.74. The maximum Gasteiger partial charge on any atom is 0.160 e. The van der Waals surface area contributed by atoms with Crippen LogP contribution >= 0.6 is 11.3 Å². The van der Waals surface area contributed by atoms with Crippen molar-refractivity contribution in [3.8, 4) is 22.4 Å². The molecule has 0 spiro atoms. The lowest BCUT2D eigenvalue weighted by Crippen LogP contribution is -1.94. The maximum absolute atomic E-state index is 5.02. The second-order valence-corrected chi connectivity index (χ2v) is 8.74. The number of aryl methyl sites for hydroxylation is 2. The van der Waals surface area contributed by atoms with Crippen LogP contribution in [-0.4, -0.2) is 20.2 Å². The number of aromatic nitrogens is 4. The van der Waals surface area contributed by atoms with Gasteiger partial charge in [-0.2, -0.15) is 0 Å². The lowest BCUT2D eigenvalue weighted by molar-refractivity contribution is 1.09. The second-order valence-electron chi connectivity index (χ2n) is 7.71. The molecule has 4 nitrogen and oxygen atoms in total. The summed E-state index contributed by atoms with van der Waals surface area (Å²) >= 11 is 1.64. The third-order valence-electron chi connectivity index (χ3n) is 5.71. The third kappa shape index (κ3) is 2.89. The molecule has 4 aromatic heterocycles. The normalized spacial score (nSPS) is 11.5. The molecule has 0 aliphatic heterocycles. The van der Waals surface area contributed by atoms with E-state index in [4.69, 9.17) is 9.97 Å². The molecule has 148 valence electrons. The summed E-state index contributed by atoms with van der Waals surface area (Å²) < 4.78 is 1.10. The van der Waals surface area contributed by atoms with Crippen molar-refractivity contribution in [3.63, 3.8) is 0 Å². The SMILES string of the molecule is Cc1cc2cc3sc4nnc(-c5ccccc5)c(-c5ccccc5)c4c3nc2nc1C. The van der Waals surface area contributed by atoms with Crippen molar-refractivity contribution < 1.29 is 0 Å². The highest BCUT2D eigenvalue weighted by atomic mass is 32.1. The molecule has 0 saturated heterocycles. The van der Waals surface area contributed by atoms with Crippen LogP contribution in [0.4, 0.5) is 0 Å². The van der Waals surface area contributed by atoms with Crippen molar-refractivity contribution in [1.82, 2.24) is 20.2 Å². The maximum atomic E-state index is 5.02. The lowest BCUT2D eigenvalue weighted by atomic mass is 9.97. The van der Waals surface area contributed by atoms with Gasteiger partial charge in [0.05, 0.1) is 10.2 Å². The Labute approximate surface area is 183 Å². The van der Waals surface area contributed by atoms with Crippen LogP contribution in [0, 0.1) is 13.8 Å². The molecule has 5 heteroatoms. The molecule has 0 atom stereocenters. The molecule has 0 aliphatic carbocycles. The van der Waals surface area contributed by atoms with Crippen LogP contribution in [0.5, 0.6) is 0 Å². The Kier molecular flexibility index (Phi) is 4.04. The van der Waals surface area contributed by atoms with Crippen molar-refractivity contribution in [2.24, 2.45) is 0 Å². The Morgan fingerprint density at radius 3 is 2.19 bits per heavy atom. The first-order valence-corrected chi connectivity index (χ1v) is 11.0. The molecule has 0 N–H and O–H groups in total. The lowest BCUT2D eigenvalue weighted by Gasteiger charge is -2.10. The summed E-state index contributed by atoms with van der Waals surface area (Å²) in [6, 6.07) is 25.0. The van der Waals surface area contributed by atoms with E-state index >= 15 is 0 Å². The minimum Gasteiger partial charge on any atom is -0.233 e. The van der Waals surface area contributed by atoms with E-state index in [1.165, 1.54) is 5.56 Å². The number of fused-ring (bicyclic) bond motifs is 4. The Hall–Kier alpha value is -3.70. The molecule has 6 aromatic rings. The summed E-state index contributed by atoms with van der Waals surface area (Å²) in [7, 11) is 0. The van der Waals surface area contributed by atoms with Gasteiger partial charge in [0.2, 0.25) is 0 Å². The summed E-state index contributed by atoms with van der Waals surface area (Å²) in [6.07, 6.45) is 0. The fourth-order valence-electron chi connectivity index (χ4n) is 4.04. The Bertz CT molecular complexity index is 1590. The number of rotatable bonds is 2. The van der Waals surface area contributed by atoms with Crippen LogP contribution in [0.15, 0.2) is 72.8 Å². The highest BCUT2D eigenvalue weighted by Gasteiger charge is 2.20. The van der Waals surface area contributed by atoms with E-state index in [1.54, 1.807) is 11.3 Å². The van der Waals surface area contributed by atoms with Gasteiger partial charge in [-0.1, -0.05) is 60.7 Å². The van der Waals surface area contributed by atoms with E-state index in [9.17, 15) is 0 Å². The quantitative estimate of drug-likeness (QED) is 0.312. The molecular formula is C26H18N4S. The number of hydrogen-bond acceptors (Lipinski definition) is 5. The first-order chi connectivity index (χ1) is 15.2. The van der Waals surface area contributed by atoms with E-state index in [-0.39, 0.29) is 0 Å². The summed E-state index contributed by atoms with van der Waals surface area (Å²) in [4.78, 5) is 10.7. The monoisotopic (exact) mass is 418 g/mol. The van der Waals surface area contributed by atoms with Gasteiger partial charge in [-0.25, -0.2) is 9.97 Å². The van der Waals surface area contributed by atoms with Crippen molar-refractivity contribution in [2.75, 3.05) is 0 Å². The zero-order chi connectivity index (χ0) is 20.9. The average molecular weight is 419 g/mol. The second kappa shape index (κ2) is 6.93. The summed E-state index contributed by atoms with van der Waals surface area (Å²) in [5.41, 5.74) is 7.98. The zero-order valence-corrected chi connectivity index (χ0v) is 17.9. The van der Waals surface area contributed by atoms with Gasteiger partial charge < -0.3 is 0 Å². The van der Waals surface area contributed by atoms with E-state index in [1.807, 2.05) is 31.2 Å². The summed E-state index contributed by atoms with van der Waals surface area (Å²) in [5, 5.41) is 11.4. The van der Waals surface area contributed by atoms with Gasteiger partial charge in [0.25, 0.3) is 0 Å². The van der Waals surface area contributed by atoms with E-state index in [0.29, 0.717) is 0 Å². The fourth-order valence-corrected chi connectivity index (χ4v) is 5.06. The molecule has 0 bridgehead atoms. The molecule has 0 aliphatic rings. The highest BCUT2D eigenvalue weighted by molar-refractivity contribution is 7.25. The van der Waals surface area contributed by atoms with Crippen molar-refractivity contribution >= 4 is 42.8 Å². The van der Waals surface area contributed by atoms with Gasteiger partial charge in [0, 0.05) is 27.6 Å². The van der Waals surface area contributed by atoms with Gasteiger partial charge in [0.15, 0.2) is 5.65 Å². The Balaban J connectivity index is 1.78. The van der Waals surface area contributed by atoms with Crippen LogP contribution in [-0.2, 0) is 0 Å². The van der Waals surface area contributed by atoms with Gasteiger partial charge in [-0.3, -0.25) is 0 Å². The summed E-state index contributed by atoms with van der Waals surface area (Å²) in [6.45, 7) is 4.11. The van der Waals surface area contributed by atoms with E-state index in [0.717, 1.165) is 59.5 Å². The number of benzene rings is 2. The van der Waals surface area contributed by atoms with Gasteiger partial charge in [0.1, 0.15) is 10.5 Å². The molecule has 2 aromatic carbocycles. The molecule has 0 saturated carbocycles. The smallest absolute Gasteiger partial charge is 0.160 e. The van der Waals surface area contributed by atoms with Crippen LogP contribution in [0.2, 0.25) is 0 Å². The minimum atomic E-state index is 0.771. The van der Waals surface area contributed by atoms with Crippen LogP contribution in [0.1, 0.15) is 11.3 Å². The molecule has 0 radical (unpaired) electrons. The van der Waals surface area contributed by atoms with E-state index < -0.39 is 0 Å². The molecule has 0 amide bonds. The molecule has 0 fully saturated rings. The molecular weight excluding hydrogens is 400 g/mol. The summed E-state index contributed by atoms with van der Waals surface area (Å²) in [5.74, 6) is 0. The standard InChI is InChI=1S/C26H18N4S/c1-15-13-19-14-20-24(28-25(19)27-16(15)2)22-21(17-9-5-3-6-10-17)23(29-30-26(22)31-20)18-11-7-4-8-12-18/h3-14H,1-2H3. The molecule has 4 heterocycles. The van der Waals surface area contributed by atoms with Crippen molar-refractivity contribution in [1.29, 1.82) is 0 Å². The third-order valence-corrected chi connectivity index (χ3v) is 6.72. The Morgan fingerprint density at radius 1 is 0.742 bits per heavy atom. The Morgan fingerprint density at radius 2 is 1.45 bits per heavy atom.